The number of nitrogens with zero attached hydrogens (tertiary/aromatic N) is 2. The Kier molecular flexibility index (Phi) is 14.1. The minimum absolute atomic E-state index is 0.192. The lowest BCUT2D eigenvalue weighted by Gasteiger charge is -2.19. The quantitative estimate of drug-likeness (QED) is 0.113. The molecule has 2 aromatic carbocycles. The average molecular weight is 591 g/mol. The molecule has 41 heavy (non-hydrogen) atoms. The third-order valence-corrected chi connectivity index (χ3v) is 8.71. The number of halogens is 4. The van der Waals surface area contributed by atoms with Gasteiger partial charge in [-0.05, 0) is 134 Å². The standard InChI is InChI=1S/C33H42F4N2OS/c34-28-14-12-26(13-15-28)30-11-7-9-27-25-29(40)16-17-31(27)32(30)10-3-1-2-5-20-39(22-19-38)21-8-24-41-23-6-4-18-33(35,36)37/h12-17,25,40H,1-11,18,20-24H2. The molecule has 1 aliphatic carbocycles. The summed E-state index contributed by atoms with van der Waals surface area (Å²) in [5, 5.41) is 19.3. The van der Waals surface area contributed by atoms with Gasteiger partial charge < -0.3 is 5.11 Å². The number of nitriles is 1. The van der Waals surface area contributed by atoms with Crippen LogP contribution in [0.15, 0.2) is 42.5 Å². The molecule has 0 unspecified atom stereocenters. The van der Waals surface area contributed by atoms with Gasteiger partial charge in [0.05, 0.1) is 12.6 Å². The van der Waals surface area contributed by atoms with Crippen LogP contribution < -0.4 is 0 Å². The van der Waals surface area contributed by atoms with E-state index in [0.717, 1.165) is 87.9 Å². The van der Waals surface area contributed by atoms with Gasteiger partial charge >= 0.3 is 6.18 Å². The van der Waals surface area contributed by atoms with Crippen molar-refractivity contribution in [3.63, 3.8) is 0 Å². The molecule has 0 radical (unpaired) electrons. The first-order valence-electron chi connectivity index (χ1n) is 14.8. The molecular weight excluding hydrogens is 548 g/mol. The molecule has 8 heteroatoms. The number of hydrogen-bond donors (Lipinski definition) is 1. The van der Waals surface area contributed by atoms with E-state index in [0.29, 0.717) is 13.0 Å². The summed E-state index contributed by atoms with van der Waals surface area (Å²) in [7, 11) is 0. The van der Waals surface area contributed by atoms with E-state index in [4.69, 9.17) is 0 Å². The number of aryl methyl sites for hydroxylation is 1. The van der Waals surface area contributed by atoms with Gasteiger partial charge in [0.15, 0.2) is 0 Å². The summed E-state index contributed by atoms with van der Waals surface area (Å²) < 4.78 is 50.3. The Balaban J connectivity index is 1.44. The lowest BCUT2D eigenvalue weighted by atomic mass is 9.89. The Bertz CT molecular complexity index is 1140. The number of alkyl halides is 3. The molecule has 2 aromatic rings. The number of aromatic hydroxyl groups is 1. The Morgan fingerprint density at radius 2 is 1.61 bits per heavy atom. The average Bonchev–Trinajstić information content (AvgIpc) is 3.10. The number of phenols is 1. The van der Waals surface area contributed by atoms with E-state index in [1.54, 1.807) is 17.8 Å². The van der Waals surface area contributed by atoms with Crippen molar-refractivity contribution in [2.24, 2.45) is 0 Å². The van der Waals surface area contributed by atoms with Crippen LogP contribution in [0.5, 0.6) is 5.75 Å². The van der Waals surface area contributed by atoms with E-state index in [2.05, 4.69) is 11.0 Å². The second-order valence-corrected chi connectivity index (χ2v) is 12.0. The second-order valence-electron chi connectivity index (χ2n) is 10.8. The van der Waals surface area contributed by atoms with E-state index in [-0.39, 0.29) is 18.0 Å². The zero-order valence-electron chi connectivity index (χ0n) is 23.8. The summed E-state index contributed by atoms with van der Waals surface area (Å²) in [4.78, 5) is 2.17. The molecule has 0 fully saturated rings. The number of phenolic OH excluding ortho intramolecular Hbond substituents is 1. The van der Waals surface area contributed by atoms with Crippen LogP contribution in [0.3, 0.4) is 0 Å². The number of rotatable bonds is 17. The Hall–Kier alpha value is -2.50. The summed E-state index contributed by atoms with van der Waals surface area (Å²) in [6, 6.07) is 14.7. The molecule has 224 valence electrons. The predicted molar refractivity (Wildman–Crippen MR) is 161 cm³/mol. The third-order valence-electron chi connectivity index (χ3n) is 7.55. The lowest BCUT2D eigenvalue weighted by molar-refractivity contribution is -0.135. The fourth-order valence-corrected chi connectivity index (χ4v) is 6.43. The van der Waals surface area contributed by atoms with Crippen LogP contribution in [0.1, 0.15) is 87.3 Å². The summed E-state index contributed by atoms with van der Waals surface area (Å²) in [6.45, 7) is 2.10. The number of unbranched alkanes of at least 4 members (excludes halogenated alkanes) is 4. The van der Waals surface area contributed by atoms with Crippen LogP contribution in [0.25, 0.3) is 11.1 Å². The van der Waals surface area contributed by atoms with Crippen molar-refractivity contribution < 1.29 is 22.7 Å². The van der Waals surface area contributed by atoms with E-state index in [1.807, 2.05) is 24.3 Å². The zero-order chi connectivity index (χ0) is 29.5. The molecule has 0 saturated heterocycles. The van der Waals surface area contributed by atoms with Crippen molar-refractivity contribution in [3.8, 4) is 11.8 Å². The highest BCUT2D eigenvalue weighted by atomic mass is 32.2. The van der Waals surface area contributed by atoms with Gasteiger partial charge in [-0.2, -0.15) is 30.2 Å². The maximum atomic E-state index is 13.6. The van der Waals surface area contributed by atoms with Gasteiger partial charge in [0.1, 0.15) is 11.6 Å². The second kappa shape index (κ2) is 17.5. The lowest BCUT2D eigenvalue weighted by Crippen LogP contribution is -2.26. The number of fused-ring (bicyclic) bond motifs is 1. The fourth-order valence-electron chi connectivity index (χ4n) is 5.49. The van der Waals surface area contributed by atoms with Crippen LogP contribution in [-0.4, -0.2) is 47.3 Å². The molecule has 0 atom stereocenters. The first kappa shape index (κ1) is 33.0. The van der Waals surface area contributed by atoms with Crippen LogP contribution in [0, 0.1) is 17.1 Å². The fraction of sp³-hybridized carbons (Fsp3) is 0.545. The molecule has 0 amide bonds. The van der Waals surface area contributed by atoms with E-state index < -0.39 is 12.6 Å². The maximum absolute atomic E-state index is 13.6. The molecule has 3 rings (SSSR count). The normalized spacial score (nSPS) is 13.8. The van der Waals surface area contributed by atoms with E-state index in [9.17, 15) is 27.9 Å². The van der Waals surface area contributed by atoms with Crippen molar-refractivity contribution in [2.75, 3.05) is 31.1 Å². The number of benzene rings is 2. The van der Waals surface area contributed by atoms with Crippen molar-refractivity contribution >= 4 is 22.9 Å². The van der Waals surface area contributed by atoms with Crippen molar-refractivity contribution in [3.05, 3.63) is 65.0 Å². The van der Waals surface area contributed by atoms with Crippen LogP contribution >= 0.6 is 11.8 Å². The molecule has 0 bridgehead atoms. The van der Waals surface area contributed by atoms with Gasteiger partial charge in [-0.1, -0.05) is 31.0 Å². The van der Waals surface area contributed by atoms with Crippen molar-refractivity contribution in [2.45, 2.75) is 83.2 Å². The summed E-state index contributed by atoms with van der Waals surface area (Å²) in [6.07, 6.45) is 4.87. The summed E-state index contributed by atoms with van der Waals surface area (Å²) in [5.74, 6) is 1.70. The number of allylic oxidation sites excluding steroid dienone is 2. The molecule has 0 saturated carbocycles. The topological polar surface area (TPSA) is 47.3 Å². The highest BCUT2D eigenvalue weighted by molar-refractivity contribution is 7.99. The Morgan fingerprint density at radius 1 is 0.878 bits per heavy atom. The zero-order valence-corrected chi connectivity index (χ0v) is 24.6. The van der Waals surface area contributed by atoms with Crippen LogP contribution in [0.4, 0.5) is 17.6 Å². The smallest absolute Gasteiger partial charge is 0.389 e. The summed E-state index contributed by atoms with van der Waals surface area (Å²) >= 11 is 1.70. The van der Waals surface area contributed by atoms with Gasteiger partial charge in [-0.3, -0.25) is 4.90 Å². The minimum Gasteiger partial charge on any atom is -0.508 e. The highest BCUT2D eigenvalue weighted by Gasteiger charge is 2.25. The number of hydrogen-bond acceptors (Lipinski definition) is 4. The van der Waals surface area contributed by atoms with Gasteiger partial charge in [0, 0.05) is 6.42 Å². The van der Waals surface area contributed by atoms with Gasteiger partial charge in [-0.25, -0.2) is 4.39 Å². The van der Waals surface area contributed by atoms with E-state index >= 15 is 0 Å². The minimum atomic E-state index is -4.06. The monoisotopic (exact) mass is 590 g/mol. The van der Waals surface area contributed by atoms with Crippen LogP contribution in [0.2, 0.25) is 0 Å². The Morgan fingerprint density at radius 3 is 2.37 bits per heavy atom. The molecule has 3 nitrogen and oxygen atoms in total. The maximum Gasteiger partial charge on any atom is 0.389 e. The van der Waals surface area contributed by atoms with Crippen LogP contribution in [-0.2, 0) is 6.42 Å². The van der Waals surface area contributed by atoms with Gasteiger partial charge in [0.2, 0.25) is 0 Å². The van der Waals surface area contributed by atoms with E-state index in [1.165, 1.54) is 34.4 Å². The molecule has 0 spiro atoms. The first-order chi connectivity index (χ1) is 19.8. The number of thioether (sulfide) groups is 1. The SMILES string of the molecule is N#CCN(CCCCCCC1=C(c2ccc(F)cc2)CCCc2cc(O)ccc21)CCCSCCCCC(F)(F)F. The first-order valence-corrected chi connectivity index (χ1v) is 16.0. The predicted octanol–water partition coefficient (Wildman–Crippen LogP) is 9.41. The molecule has 1 N–H and O–H groups in total. The molecule has 0 aliphatic heterocycles. The summed E-state index contributed by atoms with van der Waals surface area (Å²) in [5.41, 5.74) is 6.00. The molecule has 0 heterocycles. The third kappa shape index (κ3) is 12.1. The largest absolute Gasteiger partial charge is 0.508 e. The van der Waals surface area contributed by atoms with Gasteiger partial charge in [-0.15, -0.1) is 0 Å². The van der Waals surface area contributed by atoms with Crippen molar-refractivity contribution in [1.29, 1.82) is 5.26 Å². The Labute approximate surface area is 246 Å². The molecular formula is C33H42F4N2OS. The molecule has 0 aromatic heterocycles. The molecule has 1 aliphatic rings. The highest BCUT2D eigenvalue weighted by Crippen LogP contribution is 2.39. The van der Waals surface area contributed by atoms with Gasteiger partial charge in [0.25, 0.3) is 0 Å². The van der Waals surface area contributed by atoms with Crippen molar-refractivity contribution in [1.82, 2.24) is 4.90 Å².